The summed E-state index contributed by atoms with van der Waals surface area (Å²) in [5.41, 5.74) is 0. The van der Waals surface area contributed by atoms with Gasteiger partial charge in [0.2, 0.25) is 23.6 Å². The molecule has 0 N–H and O–H groups in total. The number of fused-ring (bicyclic) bond motifs is 1. The maximum absolute atomic E-state index is 12.9. The second-order valence-corrected chi connectivity index (χ2v) is 8.81. The number of hydrogen-bond acceptors (Lipinski definition) is 8. The molecule has 0 spiro atoms. The Hall–Kier alpha value is -2.59. The number of rotatable bonds is 9. The van der Waals surface area contributed by atoms with Crippen molar-refractivity contribution in [2.45, 2.75) is 38.6 Å². The molecule has 166 valence electrons. The maximum Gasteiger partial charge on any atom is 0.257 e. The molecule has 3 amide bonds. The Bertz CT molecular complexity index is 904. The zero-order chi connectivity index (χ0) is 21.8. The Morgan fingerprint density at radius 2 is 2.00 bits per heavy atom. The molecule has 1 aliphatic carbocycles. The normalized spacial score (nSPS) is 20.9. The molecular formula is C21H26N4O5S. The highest BCUT2D eigenvalue weighted by atomic mass is 32.1. The van der Waals surface area contributed by atoms with Gasteiger partial charge in [0, 0.05) is 26.6 Å². The zero-order valence-corrected chi connectivity index (χ0v) is 18.3. The van der Waals surface area contributed by atoms with E-state index in [9.17, 15) is 14.4 Å². The summed E-state index contributed by atoms with van der Waals surface area (Å²) in [7, 11) is 1.56. The highest BCUT2D eigenvalue weighted by Crippen LogP contribution is 2.38. The van der Waals surface area contributed by atoms with Crippen LogP contribution in [0.5, 0.6) is 0 Å². The fourth-order valence-electron chi connectivity index (χ4n) is 4.29. The Morgan fingerprint density at radius 3 is 2.65 bits per heavy atom. The van der Waals surface area contributed by atoms with E-state index in [2.05, 4.69) is 10.2 Å². The van der Waals surface area contributed by atoms with Crippen LogP contribution < -0.4 is 0 Å². The van der Waals surface area contributed by atoms with Crippen LogP contribution >= 0.6 is 11.3 Å². The van der Waals surface area contributed by atoms with Crippen molar-refractivity contribution < 1.29 is 23.5 Å². The first-order valence-corrected chi connectivity index (χ1v) is 11.4. The molecular weight excluding hydrogens is 420 g/mol. The number of carbonyl (C=O) groups is 3. The molecule has 1 saturated carbocycles. The van der Waals surface area contributed by atoms with E-state index in [-0.39, 0.29) is 49.1 Å². The molecule has 9 nitrogen and oxygen atoms in total. The lowest BCUT2D eigenvalue weighted by molar-refractivity contribution is -0.141. The quantitative estimate of drug-likeness (QED) is 0.544. The fraction of sp³-hybridized carbons (Fsp3) is 0.571. The van der Waals surface area contributed by atoms with Crippen LogP contribution in [0.25, 0.3) is 10.8 Å². The van der Waals surface area contributed by atoms with Crippen molar-refractivity contribution in [3.05, 3.63) is 23.4 Å². The van der Waals surface area contributed by atoms with E-state index in [4.69, 9.17) is 9.15 Å². The van der Waals surface area contributed by atoms with Gasteiger partial charge in [-0.25, -0.2) is 0 Å². The van der Waals surface area contributed by atoms with Gasteiger partial charge in [-0.2, -0.15) is 0 Å². The fourth-order valence-corrected chi connectivity index (χ4v) is 4.94. The number of aromatic nitrogens is 2. The van der Waals surface area contributed by atoms with Crippen LogP contribution in [0.15, 0.2) is 21.9 Å². The number of nitrogens with zero attached hydrogens (tertiary/aromatic N) is 4. The standard InChI is InChI=1S/C21H26N4O5S/c1-29-11-10-24(13-17-22-23-19(30-17)16-7-4-12-31-16)18(26)8-9-25-20(27)14-5-2-3-6-15(14)21(25)28/h4,7,12,14-15H,2-3,5-6,8-11,13H2,1H3/t14-,15-/m1/s1. The van der Waals surface area contributed by atoms with Crippen LogP contribution in [0.3, 0.4) is 0 Å². The number of likely N-dealkylation sites (tertiary alicyclic amines) is 1. The molecule has 3 heterocycles. The molecule has 1 saturated heterocycles. The van der Waals surface area contributed by atoms with Crippen LogP contribution in [0.2, 0.25) is 0 Å². The molecule has 0 aromatic carbocycles. The van der Waals surface area contributed by atoms with Gasteiger partial charge >= 0.3 is 0 Å². The molecule has 2 aliphatic rings. The van der Waals surface area contributed by atoms with E-state index in [1.165, 1.54) is 16.2 Å². The SMILES string of the molecule is COCCN(Cc1nnc(-c2cccs2)o1)C(=O)CCN1C(=O)[C@@H]2CCCC[C@H]2C1=O. The van der Waals surface area contributed by atoms with Crippen molar-refractivity contribution >= 4 is 29.1 Å². The minimum Gasteiger partial charge on any atom is -0.418 e. The molecule has 2 aromatic heterocycles. The van der Waals surface area contributed by atoms with Crippen LogP contribution in [0.4, 0.5) is 0 Å². The predicted molar refractivity (Wildman–Crippen MR) is 112 cm³/mol. The molecule has 2 aromatic rings. The van der Waals surface area contributed by atoms with Crippen molar-refractivity contribution in [1.29, 1.82) is 0 Å². The molecule has 0 unspecified atom stereocenters. The van der Waals surface area contributed by atoms with E-state index in [0.717, 1.165) is 30.6 Å². The van der Waals surface area contributed by atoms with Crippen LogP contribution in [-0.2, 0) is 25.7 Å². The minimum absolute atomic E-state index is 0.0621. The zero-order valence-electron chi connectivity index (χ0n) is 17.5. The van der Waals surface area contributed by atoms with Gasteiger partial charge in [-0.15, -0.1) is 21.5 Å². The summed E-state index contributed by atoms with van der Waals surface area (Å²) in [5.74, 6) is -0.0903. The van der Waals surface area contributed by atoms with Crippen molar-refractivity contribution in [2.24, 2.45) is 11.8 Å². The number of imide groups is 1. The first kappa shape index (κ1) is 21.6. The van der Waals surface area contributed by atoms with E-state index < -0.39 is 0 Å². The number of methoxy groups -OCH3 is 1. The lowest BCUT2D eigenvalue weighted by atomic mass is 9.81. The summed E-state index contributed by atoms with van der Waals surface area (Å²) in [6, 6.07) is 3.78. The molecule has 0 bridgehead atoms. The first-order valence-electron chi connectivity index (χ1n) is 10.6. The van der Waals surface area contributed by atoms with Gasteiger partial charge in [-0.1, -0.05) is 18.9 Å². The molecule has 2 fully saturated rings. The van der Waals surface area contributed by atoms with E-state index in [1.807, 2.05) is 17.5 Å². The Labute approximate surface area is 184 Å². The third-order valence-electron chi connectivity index (χ3n) is 5.92. The average molecular weight is 447 g/mol. The summed E-state index contributed by atoms with van der Waals surface area (Å²) in [6.07, 6.45) is 3.56. The minimum atomic E-state index is -0.199. The van der Waals surface area contributed by atoms with Crippen molar-refractivity contribution in [3.63, 3.8) is 0 Å². The van der Waals surface area contributed by atoms with Gasteiger partial charge < -0.3 is 14.1 Å². The average Bonchev–Trinajstić information content (AvgIpc) is 3.52. The van der Waals surface area contributed by atoms with Crippen molar-refractivity contribution in [3.8, 4) is 10.8 Å². The van der Waals surface area contributed by atoms with Gasteiger partial charge in [0.25, 0.3) is 5.89 Å². The molecule has 0 radical (unpaired) electrons. The van der Waals surface area contributed by atoms with Crippen molar-refractivity contribution in [2.75, 3.05) is 26.8 Å². The van der Waals surface area contributed by atoms with E-state index in [0.29, 0.717) is 24.9 Å². The Morgan fingerprint density at radius 1 is 1.26 bits per heavy atom. The van der Waals surface area contributed by atoms with Gasteiger partial charge in [-0.05, 0) is 24.3 Å². The van der Waals surface area contributed by atoms with Crippen molar-refractivity contribution in [1.82, 2.24) is 20.0 Å². The molecule has 10 heteroatoms. The van der Waals surface area contributed by atoms with Crippen LogP contribution in [0, 0.1) is 11.8 Å². The molecule has 2 atom stereocenters. The summed E-state index contributed by atoms with van der Waals surface area (Å²) in [5, 5.41) is 10.0. The Balaban J connectivity index is 1.38. The Kier molecular flexibility index (Phi) is 6.77. The predicted octanol–water partition coefficient (Wildman–Crippen LogP) is 2.34. The lowest BCUT2D eigenvalue weighted by Gasteiger charge is -2.22. The number of ether oxygens (including phenoxy) is 1. The number of hydrogen-bond donors (Lipinski definition) is 0. The maximum atomic E-state index is 12.9. The van der Waals surface area contributed by atoms with Gasteiger partial charge in [0.1, 0.15) is 0 Å². The topological polar surface area (TPSA) is 106 Å². The van der Waals surface area contributed by atoms with Crippen LogP contribution in [0.1, 0.15) is 38.0 Å². The summed E-state index contributed by atoms with van der Waals surface area (Å²) < 4.78 is 10.8. The largest absolute Gasteiger partial charge is 0.418 e. The molecule has 4 rings (SSSR count). The highest BCUT2D eigenvalue weighted by Gasteiger charge is 2.47. The number of amides is 3. The van der Waals surface area contributed by atoms with E-state index in [1.54, 1.807) is 12.0 Å². The highest BCUT2D eigenvalue weighted by molar-refractivity contribution is 7.13. The summed E-state index contributed by atoms with van der Waals surface area (Å²) in [6.45, 7) is 0.952. The van der Waals surface area contributed by atoms with Crippen LogP contribution in [-0.4, -0.2) is 64.5 Å². The van der Waals surface area contributed by atoms with Gasteiger partial charge in [0.15, 0.2) is 0 Å². The third-order valence-corrected chi connectivity index (χ3v) is 6.78. The first-order chi connectivity index (χ1) is 15.1. The summed E-state index contributed by atoms with van der Waals surface area (Å²) in [4.78, 5) is 41.9. The number of thiophene rings is 1. The number of carbonyl (C=O) groups excluding carboxylic acids is 3. The third kappa shape index (κ3) is 4.69. The molecule has 31 heavy (non-hydrogen) atoms. The lowest BCUT2D eigenvalue weighted by Crippen LogP contribution is -2.38. The molecule has 1 aliphatic heterocycles. The monoisotopic (exact) mass is 446 g/mol. The second kappa shape index (κ2) is 9.69. The van der Waals surface area contributed by atoms with Gasteiger partial charge in [-0.3, -0.25) is 19.3 Å². The van der Waals surface area contributed by atoms with E-state index >= 15 is 0 Å². The van der Waals surface area contributed by atoms with Gasteiger partial charge in [0.05, 0.1) is 29.9 Å². The second-order valence-electron chi connectivity index (χ2n) is 7.86. The smallest absolute Gasteiger partial charge is 0.257 e. The summed E-state index contributed by atoms with van der Waals surface area (Å²) >= 11 is 1.49.